The number of carbonyl (C=O) groups is 1. The molecule has 0 radical (unpaired) electrons. The van der Waals surface area contributed by atoms with Crippen molar-refractivity contribution >= 4 is 31.2 Å². The molecule has 0 aromatic carbocycles. The number of rotatable bonds is 11. The lowest BCUT2D eigenvalue weighted by atomic mass is 10.0. The largest absolute Gasteiger partial charge is 0.491 e. The standard InChI is InChI=1S/C27H32F2NO2PS/c1-27(28,29)20-10-6-5-9-19(13-20)15-22-24(32-16-18-7-3-4-8-18)23(26(31)33-2)25(34-22)21(30)14-17-11-12-17/h6,9-10,13,17-18,30,33H,3-4,7-8,11-12,14-16H2,1-2H3. The van der Waals surface area contributed by atoms with Crippen LogP contribution in [0.4, 0.5) is 8.78 Å². The van der Waals surface area contributed by atoms with E-state index >= 15 is 0 Å². The van der Waals surface area contributed by atoms with E-state index < -0.39 is 5.92 Å². The lowest BCUT2D eigenvalue weighted by Gasteiger charge is -2.15. The minimum absolute atomic E-state index is 0.00503. The number of hydrogen-bond donors (Lipinski definition) is 1. The Kier molecular flexibility index (Phi) is 8.02. The van der Waals surface area contributed by atoms with Crippen LogP contribution in [0.15, 0.2) is 41.2 Å². The third-order valence-electron chi connectivity index (χ3n) is 6.63. The van der Waals surface area contributed by atoms with Crippen molar-refractivity contribution in [2.75, 3.05) is 13.3 Å². The highest BCUT2D eigenvalue weighted by atomic mass is 32.1. The lowest BCUT2D eigenvalue weighted by molar-refractivity contribution is 0.0674. The van der Waals surface area contributed by atoms with Gasteiger partial charge in [-0.3, -0.25) is 4.79 Å². The molecule has 1 N–H and O–H groups in total. The van der Waals surface area contributed by atoms with Crippen LogP contribution < -0.4 is 4.74 Å². The van der Waals surface area contributed by atoms with Gasteiger partial charge in [-0.1, -0.05) is 12.8 Å². The molecule has 1 atom stereocenters. The Morgan fingerprint density at radius 3 is 2.65 bits per heavy atom. The zero-order chi connectivity index (χ0) is 24.3. The minimum atomic E-state index is -2.96. The Labute approximate surface area is 206 Å². The summed E-state index contributed by atoms with van der Waals surface area (Å²) >= 11 is 1.43. The molecule has 3 aliphatic rings. The summed E-state index contributed by atoms with van der Waals surface area (Å²) in [7, 11) is 0.0691. The molecule has 182 valence electrons. The van der Waals surface area contributed by atoms with Gasteiger partial charge in [-0.25, -0.2) is 8.78 Å². The van der Waals surface area contributed by atoms with Crippen molar-refractivity contribution in [3.63, 3.8) is 0 Å². The summed E-state index contributed by atoms with van der Waals surface area (Å²) in [6.07, 6.45) is 14.1. The van der Waals surface area contributed by atoms with Gasteiger partial charge in [0.2, 0.25) is 0 Å². The van der Waals surface area contributed by atoms with E-state index in [1.807, 2.05) is 6.66 Å². The van der Waals surface area contributed by atoms with Gasteiger partial charge in [0.15, 0.2) is 5.52 Å². The Morgan fingerprint density at radius 2 is 2.00 bits per heavy atom. The molecule has 2 fully saturated rings. The molecule has 0 amide bonds. The number of thiophene rings is 1. The van der Waals surface area contributed by atoms with Gasteiger partial charge in [0.25, 0.3) is 5.92 Å². The van der Waals surface area contributed by atoms with Crippen LogP contribution in [0.1, 0.15) is 72.0 Å². The molecule has 1 aromatic heterocycles. The highest BCUT2D eigenvalue weighted by molar-refractivity contribution is 7.58. The Hall–Kier alpha value is -1.87. The van der Waals surface area contributed by atoms with Crippen molar-refractivity contribution in [3.8, 4) is 5.75 Å². The van der Waals surface area contributed by atoms with Gasteiger partial charge in [-0.2, -0.15) is 0 Å². The van der Waals surface area contributed by atoms with E-state index in [1.165, 1.54) is 42.4 Å². The third kappa shape index (κ3) is 6.22. The molecule has 0 saturated heterocycles. The maximum absolute atomic E-state index is 14.1. The van der Waals surface area contributed by atoms with Crippen molar-refractivity contribution in [2.24, 2.45) is 11.8 Å². The second kappa shape index (κ2) is 10.8. The van der Waals surface area contributed by atoms with Crippen molar-refractivity contribution < 1.29 is 18.3 Å². The van der Waals surface area contributed by atoms with Gasteiger partial charge in [0.1, 0.15) is 5.75 Å². The molecule has 1 heterocycles. The number of halogens is 2. The van der Waals surface area contributed by atoms with Crippen LogP contribution >= 0.6 is 19.9 Å². The zero-order valence-corrected chi connectivity index (χ0v) is 21.6. The average molecular weight is 504 g/mol. The first-order valence-electron chi connectivity index (χ1n) is 12.1. The van der Waals surface area contributed by atoms with E-state index in [9.17, 15) is 13.6 Å². The molecule has 3 aliphatic carbocycles. The summed E-state index contributed by atoms with van der Waals surface area (Å²) in [5, 5.41) is 8.74. The minimum Gasteiger partial charge on any atom is -0.491 e. The molecule has 4 rings (SSSR count). The molecule has 1 aromatic rings. The third-order valence-corrected chi connectivity index (χ3v) is 8.56. The van der Waals surface area contributed by atoms with Crippen molar-refractivity contribution in [2.45, 2.75) is 64.2 Å². The quantitative estimate of drug-likeness (QED) is 0.191. The second-order valence-corrected chi connectivity index (χ2v) is 11.7. The second-order valence-electron chi connectivity index (χ2n) is 9.61. The van der Waals surface area contributed by atoms with Crippen LogP contribution in [-0.4, -0.2) is 30.4 Å². The molecule has 3 nitrogen and oxygen atoms in total. The number of hydrogen-bond acceptors (Lipinski definition) is 4. The molecular weight excluding hydrogens is 471 g/mol. The molecule has 1 unspecified atom stereocenters. The normalized spacial score (nSPS) is 18.9. The van der Waals surface area contributed by atoms with Gasteiger partial charge in [0, 0.05) is 24.6 Å². The predicted molar refractivity (Wildman–Crippen MR) is 138 cm³/mol. The van der Waals surface area contributed by atoms with Crippen LogP contribution in [0.3, 0.4) is 0 Å². The number of nitrogens with one attached hydrogen (secondary N) is 1. The number of alkyl halides is 2. The summed E-state index contributed by atoms with van der Waals surface area (Å²) in [5.74, 6) is -1.38. The Bertz CT molecular complexity index is 1080. The smallest absolute Gasteiger partial charge is 0.270 e. The fourth-order valence-corrected chi connectivity index (χ4v) is 6.31. The Balaban J connectivity index is 1.71. The van der Waals surface area contributed by atoms with E-state index in [2.05, 4.69) is 5.73 Å². The van der Waals surface area contributed by atoms with Gasteiger partial charge in [-0.05, 0) is 89.1 Å². The van der Waals surface area contributed by atoms with Crippen molar-refractivity contribution in [1.29, 1.82) is 5.41 Å². The first-order chi connectivity index (χ1) is 16.3. The predicted octanol–water partition coefficient (Wildman–Crippen LogP) is 7.71. The summed E-state index contributed by atoms with van der Waals surface area (Å²) in [5.41, 5.74) is 4.61. The van der Waals surface area contributed by atoms with Crippen LogP contribution in [0.25, 0.3) is 0 Å². The lowest BCUT2D eigenvalue weighted by Crippen LogP contribution is -2.12. The van der Waals surface area contributed by atoms with E-state index in [4.69, 9.17) is 10.1 Å². The highest BCUT2D eigenvalue weighted by Gasteiger charge is 2.31. The SMILES string of the molecule is CPC(=O)c1c(C(=N)CC2CC2)sc(CC2=CC(C(C)(F)F)=CC=C=C2)c1OCC1CCCC1. The zero-order valence-electron chi connectivity index (χ0n) is 19.8. The van der Waals surface area contributed by atoms with Crippen molar-refractivity contribution in [1.82, 2.24) is 0 Å². The van der Waals surface area contributed by atoms with Crippen LogP contribution in [0.5, 0.6) is 5.75 Å². The molecule has 7 heteroatoms. The highest BCUT2D eigenvalue weighted by Crippen LogP contribution is 2.43. The molecular formula is C27H32F2NO2PS. The summed E-state index contributed by atoms with van der Waals surface area (Å²) in [4.78, 5) is 14.6. The number of allylic oxidation sites excluding steroid dienone is 5. The van der Waals surface area contributed by atoms with Crippen LogP contribution in [-0.2, 0) is 6.42 Å². The molecule has 2 saturated carbocycles. The monoisotopic (exact) mass is 503 g/mol. The number of carbonyl (C=O) groups excluding carboxylic acids is 1. The van der Waals surface area contributed by atoms with Gasteiger partial charge < -0.3 is 10.1 Å². The summed E-state index contributed by atoms with van der Waals surface area (Å²) in [6.45, 7) is 3.30. The molecule has 0 bridgehead atoms. The fourth-order valence-electron chi connectivity index (χ4n) is 4.50. The van der Waals surface area contributed by atoms with E-state index in [0.29, 0.717) is 58.8 Å². The van der Waals surface area contributed by atoms with E-state index in [1.54, 1.807) is 6.08 Å². The number of ether oxygens (including phenoxy) is 1. The van der Waals surface area contributed by atoms with E-state index in [-0.39, 0.29) is 19.7 Å². The average Bonchev–Trinajstić information content (AvgIpc) is 3.39. The van der Waals surface area contributed by atoms with Crippen LogP contribution in [0.2, 0.25) is 0 Å². The van der Waals surface area contributed by atoms with Crippen molar-refractivity contribution in [3.05, 3.63) is 56.5 Å². The molecule has 34 heavy (non-hydrogen) atoms. The van der Waals surface area contributed by atoms with Gasteiger partial charge in [-0.15, -0.1) is 17.1 Å². The molecule has 0 spiro atoms. The first-order valence-corrected chi connectivity index (χ1v) is 14.4. The summed E-state index contributed by atoms with van der Waals surface area (Å²) < 4.78 is 34.5. The van der Waals surface area contributed by atoms with Crippen LogP contribution in [0, 0.1) is 17.2 Å². The topological polar surface area (TPSA) is 50.2 Å². The fraction of sp³-hybridized carbons (Fsp3) is 0.519. The van der Waals surface area contributed by atoms with Gasteiger partial charge in [0.05, 0.1) is 21.9 Å². The first kappa shape index (κ1) is 25.2. The van der Waals surface area contributed by atoms with E-state index in [0.717, 1.165) is 37.5 Å². The maximum atomic E-state index is 14.1. The van der Waals surface area contributed by atoms with Gasteiger partial charge >= 0.3 is 0 Å². The Morgan fingerprint density at radius 1 is 1.26 bits per heavy atom. The summed E-state index contributed by atoms with van der Waals surface area (Å²) in [6, 6.07) is 0. The maximum Gasteiger partial charge on any atom is 0.270 e. The molecule has 0 aliphatic heterocycles.